The van der Waals surface area contributed by atoms with Crippen LogP contribution in [0.15, 0.2) is 24.3 Å². The van der Waals surface area contributed by atoms with Gasteiger partial charge in [-0.25, -0.2) is 0 Å². The molecule has 0 aromatic heterocycles. The van der Waals surface area contributed by atoms with Gasteiger partial charge >= 0.3 is 0 Å². The van der Waals surface area contributed by atoms with Crippen molar-refractivity contribution in [3.05, 3.63) is 29.8 Å². The minimum absolute atomic E-state index is 0.426. The van der Waals surface area contributed by atoms with Gasteiger partial charge in [-0.15, -0.1) is 0 Å². The topological polar surface area (TPSA) is 38.5 Å². The molecule has 3 nitrogen and oxygen atoms in total. The second-order valence-electron chi connectivity index (χ2n) is 5.86. The molecule has 2 N–H and O–H groups in total. The Bertz CT molecular complexity index is 439. The minimum Gasteiger partial charge on any atom is -0.492 e. The summed E-state index contributed by atoms with van der Waals surface area (Å²) in [7, 11) is 2.22. The molecule has 1 aromatic rings. The zero-order chi connectivity index (χ0) is 15.1. The third-order valence-corrected chi connectivity index (χ3v) is 4.54. The average molecular weight is 306 g/mol. The lowest BCUT2D eigenvalue weighted by Crippen LogP contribution is -2.34. The number of likely N-dealkylation sites (N-methyl/N-ethyl adjacent to an activating group) is 1. The van der Waals surface area contributed by atoms with Gasteiger partial charge in [0.25, 0.3) is 0 Å². The first-order valence-electron chi connectivity index (χ1n) is 7.90. The van der Waals surface area contributed by atoms with Gasteiger partial charge < -0.3 is 15.4 Å². The van der Waals surface area contributed by atoms with E-state index in [0.29, 0.717) is 4.99 Å². The summed E-state index contributed by atoms with van der Waals surface area (Å²) >= 11 is 4.94. The molecule has 0 saturated heterocycles. The van der Waals surface area contributed by atoms with Gasteiger partial charge in [0, 0.05) is 18.2 Å². The van der Waals surface area contributed by atoms with Crippen LogP contribution < -0.4 is 10.5 Å². The number of nitrogens with two attached hydrogens (primary N) is 1. The molecule has 4 heteroatoms. The summed E-state index contributed by atoms with van der Waals surface area (Å²) in [5.74, 6) is 0.879. The Morgan fingerprint density at radius 3 is 2.38 bits per heavy atom. The van der Waals surface area contributed by atoms with Crippen molar-refractivity contribution in [2.75, 3.05) is 20.2 Å². The molecular formula is C17H26N2OS. The van der Waals surface area contributed by atoms with Crippen LogP contribution in [0.4, 0.5) is 0 Å². The molecule has 0 heterocycles. The fraction of sp³-hybridized carbons (Fsp3) is 0.588. The van der Waals surface area contributed by atoms with Crippen LogP contribution in [0.1, 0.15) is 44.1 Å². The molecule has 0 spiro atoms. The molecule has 0 amide bonds. The Hall–Kier alpha value is -1.13. The number of thiocarbonyl (C=S) groups is 1. The number of ether oxygens (including phenoxy) is 1. The second-order valence-corrected chi connectivity index (χ2v) is 6.30. The normalized spacial score (nSPS) is 16.7. The molecule has 0 radical (unpaired) electrons. The Kier molecular flexibility index (Phi) is 6.46. The van der Waals surface area contributed by atoms with Gasteiger partial charge in [-0.2, -0.15) is 0 Å². The van der Waals surface area contributed by atoms with Crippen molar-refractivity contribution >= 4 is 17.2 Å². The Morgan fingerprint density at radius 1 is 1.19 bits per heavy atom. The predicted octanol–water partition coefficient (Wildman–Crippen LogP) is 3.35. The SMILES string of the molecule is CN(CCOc1ccc(C(N)=S)cc1)C1CCCCCC1. The molecule has 0 unspecified atom stereocenters. The van der Waals surface area contributed by atoms with Crippen molar-refractivity contribution in [3.63, 3.8) is 0 Å². The van der Waals surface area contributed by atoms with E-state index in [9.17, 15) is 0 Å². The van der Waals surface area contributed by atoms with Crippen molar-refractivity contribution < 1.29 is 4.74 Å². The van der Waals surface area contributed by atoms with Crippen molar-refractivity contribution in [1.82, 2.24) is 4.90 Å². The van der Waals surface area contributed by atoms with E-state index in [1.807, 2.05) is 24.3 Å². The number of benzene rings is 1. The van der Waals surface area contributed by atoms with E-state index in [1.165, 1.54) is 38.5 Å². The summed E-state index contributed by atoms with van der Waals surface area (Å²) in [6.45, 7) is 1.70. The Labute approximate surface area is 133 Å². The Morgan fingerprint density at radius 2 is 1.81 bits per heavy atom. The predicted molar refractivity (Wildman–Crippen MR) is 91.9 cm³/mol. The quantitative estimate of drug-likeness (QED) is 0.646. The zero-order valence-electron chi connectivity index (χ0n) is 12.9. The highest BCUT2D eigenvalue weighted by atomic mass is 32.1. The molecule has 2 rings (SSSR count). The van der Waals surface area contributed by atoms with Crippen LogP contribution in [-0.2, 0) is 0 Å². The molecule has 1 aliphatic rings. The van der Waals surface area contributed by atoms with Crippen LogP contribution in [0.25, 0.3) is 0 Å². The number of hydrogen-bond donors (Lipinski definition) is 1. The first kappa shape index (κ1) is 16.2. The van der Waals surface area contributed by atoms with E-state index in [4.69, 9.17) is 22.7 Å². The molecule has 116 valence electrons. The Balaban J connectivity index is 1.74. The van der Waals surface area contributed by atoms with Crippen LogP contribution in [-0.4, -0.2) is 36.1 Å². The molecule has 0 bridgehead atoms. The van der Waals surface area contributed by atoms with E-state index in [0.717, 1.165) is 30.5 Å². The van der Waals surface area contributed by atoms with Crippen LogP contribution >= 0.6 is 12.2 Å². The first-order chi connectivity index (χ1) is 10.2. The van der Waals surface area contributed by atoms with Gasteiger partial charge in [-0.05, 0) is 44.2 Å². The van der Waals surface area contributed by atoms with Gasteiger partial charge in [0.1, 0.15) is 17.3 Å². The summed E-state index contributed by atoms with van der Waals surface area (Å²) in [4.78, 5) is 2.88. The third-order valence-electron chi connectivity index (χ3n) is 4.30. The van der Waals surface area contributed by atoms with E-state index in [1.54, 1.807) is 0 Å². The lowest BCUT2D eigenvalue weighted by atomic mass is 10.1. The molecular weight excluding hydrogens is 280 g/mol. The molecule has 0 aliphatic heterocycles. The van der Waals surface area contributed by atoms with Gasteiger partial charge in [0.15, 0.2) is 0 Å². The van der Waals surface area contributed by atoms with Crippen molar-refractivity contribution in [2.45, 2.75) is 44.6 Å². The summed E-state index contributed by atoms with van der Waals surface area (Å²) < 4.78 is 5.81. The van der Waals surface area contributed by atoms with Crippen molar-refractivity contribution in [1.29, 1.82) is 0 Å². The summed E-state index contributed by atoms with van der Waals surface area (Å²) in [5.41, 5.74) is 6.47. The molecule has 1 aromatic carbocycles. The summed E-state index contributed by atoms with van der Waals surface area (Å²) in [6.07, 6.45) is 8.21. The highest BCUT2D eigenvalue weighted by molar-refractivity contribution is 7.80. The van der Waals surface area contributed by atoms with Gasteiger partial charge in [0.2, 0.25) is 0 Å². The van der Waals surface area contributed by atoms with Crippen LogP contribution in [0.2, 0.25) is 0 Å². The average Bonchev–Trinajstić information content (AvgIpc) is 2.77. The van der Waals surface area contributed by atoms with E-state index >= 15 is 0 Å². The molecule has 1 fully saturated rings. The van der Waals surface area contributed by atoms with Crippen LogP contribution in [0, 0.1) is 0 Å². The maximum Gasteiger partial charge on any atom is 0.119 e. The standard InChI is InChI=1S/C17H26N2OS/c1-19(15-6-4-2-3-5-7-15)12-13-20-16-10-8-14(9-11-16)17(18)21/h8-11,15H,2-7,12-13H2,1H3,(H2,18,21). The van der Waals surface area contributed by atoms with Crippen molar-refractivity contribution in [2.24, 2.45) is 5.73 Å². The van der Waals surface area contributed by atoms with Crippen molar-refractivity contribution in [3.8, 4) is 5.75 Å². The monoisotopic (exact) mass is 306 g/mol. The lowest BCUT2D eigenvalue weighted by molar-refractivity contribution is 0.178. The summed E-state index contributed by atoms with van der Waals surface area (Å²) in [5, 5.41) is 0. The van der Waals surface area contributed by atoms with E-state index in [-0.39, 0.29) is 0 Å². The zero-order valence-corrected chi connectivity index (χ0v) is 13.7. The van der Waals surface area contributed by atoms with Gasteiger partial charge in [-0.3, -0.25) is 0 Å². The highest BCUT2D eigenvalue weighted by Crippen LogP contribution is 2.21. The molecule has 1 aliphatic carbocycles. The molecule has 0 atom stereocenters. The van der Waals surface area contributed by atoms with Gasteiger partial charge in [0.05, 0.1) is 0 Å². The number of hydrogen-bond acceptors (Lipinski definition) is 3. The third kappa shape index (κ3) is 5.29. The summed E-state index contributed by atoms with van der Waals surface area (Å²) in [6, 6.07) is 8.41. The fourth-order valence-electron chi connectivity index (χ4n) is 2.90. The smallest absolute Gasteiger partial charge is 0.119 e. The molecule has 21 heavy (non-hydrogen) atoms. The lowest BCUT2D eigenvalue weighted by Gasteiger charge is -2.26. The highest BCUT2D eigenvalue weighted by Gasteiger charge is 2.16. The number of rotatable bonds is 6. The maximum absolute atomic E-state index is 5.81. The van der Waals surface area contributed by atoms with E-state index < -0.39 is 0 Å². The maximum atomic E-state index is 5.81. The largest absolute Gasteiger partial charge is 0.492 e. The fourth-order valence-corrected chi connectivity index (χ4v) is 3.04. The van der Waals surface area contributed by atoms with Gasteiger partial charge in [-0.1, -0.05) is 37.9 Å². The number of nitrogens with zero attached hydrogens (tertiary/aromatic N) is 1. The van der Waals surface area contributed by atoms with Crippen LogP contribution in [0.3, 0.4) is 0 Å². The van der Waals surface area contributed by atoms with E-state index in [2.05, 4.69) is 11.9 Å². The molecule has 1 saturated carbocycles. The van der Waals surface area contributed by atoms with Crippen LogP contribution in [0.5, 0.6) is 5.75 Å². The second kappa shape index (κ2) is 8.35. The minimum atomic E-state index is 0.426. The first-order valence-corrected chi connectivity index (χ1v) is 8.30.